The number of carbonyl (C=O) groups excluding carboxylic acids is 1. The number of nitrogens with zero attached hydrogens (tertiary/aromatic N) is 3. The molecular weight excluding hydrogens is 523 g/mol. The third-order valence-electron chi connectivity index (χ3n) is 7.37. The van der Waals surface area contributed by atoms with Gasteiger partial charge in [-0.15, -0.1) is 0 Å². The normalized spacial score (nSPS) is 17.1. The number of piperidine rings is 1. The van der Waals surface area contributed by atoms with E-state index >= 15 is 0 Å². The Kier molecular flexibility index (Phi) is 6.54. The molecule has 1 amide bonds. The van der Waals surface area contributed by atoms with E-state index in [-0.39, 0.29) is 27.8 Å². The van der Waals surface area contributed by atoms with Gasteiger partial charge in [-0.25, -0.2) is 8.42 Å². The van der Waals surface area contributed by atoms with Crippen molar-refractivity contribution in [3.8, 4) is 0 Å². The second-order valence-electron chi connectivity index (χ2n) is 10.0. The van der Waals surface area contributed by atoms with Gasteiger partial charge in [0, 0.05) is 31.2 Å². The highest BCUT2D eigenvalue weighted by Crippen LogP contribution is 2.54. The number of aryl methyl sites for hydroxylation is 1. The summed E-state index contributed by atoms with van der Waals surface area (Å²) in [6.07, 6.45) is -0.349. The SMILES string of the molecule is Cn1nc(C(F)(F)F)c2cc(NC(=O)c3ccc(NS(=O)(=O)CCO)cc3N3CCC4(CC3)CC4)ccc21. The molecule has 2 heterocycles. The summed E-state index contributed by atoms with van der Waals surface area (Å²) in [5.74, 6) is -0.999. The Bertz CT molecular complexity index is 1490. The van der Waals surface area contributed by atoms with E-state index in [4.69, 9.17) is 5.11 Å². The van der Waals surface area contributed by atoms with E-state index < -0.39 is 40.2 Å². The van der Waals surface area contributed by atoms with Crippen molar-refractivity contribution in [1.82, 2.24) is 9.78 Å². The first-order valence-electron chi connectivity index (χ1n) is 12.3. The number of aliphatic hydroxyl groups excluding tert-OH is 1. The molecule has 1 aliphatic heterocycles. The van der Waals surface area contributed by atoms with E-state index in [0.29, 0.717) is 24.2 Å². The number of halogens is 3. The molecule has 9 nitrogen and oxygen atoms in total. The smallest absolute Gasteiger partial charge is 0.395 e. The topological polar surface area (TPSA) is 117 Å². The van der Waals surface area contributed by atoms with Gasteiger partial charge in [0.1, 0.15) is 0 Å². The maximum absolute atomic E-state index is 13.5. The molecule has 0 bridgehead atoms. The average molecular weight is 552 g/mol. The van der Waals surface area contributed by atoms with Gasteiger partial charge in [0.25, 0.3) is 5.91 Å². The second-order valence-corrected chi connectivity index (χ2v) is 11.9. The maximum atomic E-state index is 13.5. The first kappa shape index (κ1) is 26.3. The number of amides is 1. The van der Waals surface area contributed by atoms with Crippen molar-refractivity contribution in [1.29, 1.82) is 0 Å². The molecule has 1 aliphatic carbocycles. The van der Waals surface area contributed by atoms with Crippen molar-refractivity contribution < 1.29 is 31.5 Å². The van der Waals surface area contributed by atoms with Crippen molar-refractivity contribution in [2.45, 2.75) is 31.9 Å². The Labute approximate surface area is 217 Å². The molecule has 1 spiro atoms. The summed E-state index contributed by atoms with van der Waals surface area (Å²) in [5, 5.41) is 15.2. The number of hydrogen-bond donors (Lipinski definition) is 3. The summed E-state index contributed by atoms with van der Waals surface area (Å²) < 4.78 is 68.4. The van der Waals surface area contributed by atoms with Crippen LogP contribution in [0.3, 0.4) is 0 Å². The van der Waals surface area contributed by atoms with Gasteiger partial charge in [-0.05, 0) is 67.5 Å². The van der Waals surface area contributed by atoms with Gasteiger partial charge in [0.15, 0.2) is 5.69 Å². The van der Waals surface area contributed by atoms with Crippen molar-refractivity contribution in [2.75, 3.05) is 40.4 Å². The predicted molar refractivity (Wildman–Crippen MR) is 138 cm³/mol. The van der Waals surface area contributed by atoms with Crippen LogP contribution in [-0.4, -0.2) is 54.7 Å². The summed E-state index contributed by atoms with van der Waals surface area (Å²) in [5.41, 5.74) is 0.837. The summed E-state index contributed by atoms with van der Waals surface area (Å²) >= 11 is 0. The van der Waals surface area contributed by atoms with Crippen LogP contribution in [0.4, 0.5) is 30.2 Å². The molecule has 2 fully saturated rings. The number of alkyl halides is 3. The molecule has 1 aromatic heterocycles. The second kappa shape index (κ2) is 9.45. The predicted octanol–water partition coefficient (Wildman–Crippen LogP) is 3.96. The quantitative estimate of drug-likeness (QED) is 0.410. The number of fused-ring (bicyclic) bond motifs is 1. The Morgan fingerprint density at radius 3 is 2.39 bits per heavy atom. The molecule has 13 heteroatoms. The number of benzene rings is 2. The molecule has 0 atom stereocenters. The van der Waals surface area contributed by atoms with Gasteiger partial charge >= 0.3 is 6.18 Å². The minimum Gasteiger partial charge on any atom is -0.395 e. The van der Waals surface area contributed by atoms with Crippen LogP contribution < -0.4 is 14.9 Å². The third kappa shape index (κ3) is 5.30. The zero-order chi connectivity index (χ0) is 27.3. The fourth-order valence-corrected chi connectivity index (χ4v) is 5.88. The summed E-state index contributed by atoms with van der Waals surface area (Å²) in [7, 11) is -2.36. The largest absolute Gasteiger partial charge is 0.435 e. The first-order chi connectivity index (χ1) is 17.9. The van der Waals surface area contributed by atoms with Gasteiger partial charge in [-0.1, -0.05) is 0 Å². The van der Waals surface area contributed by atoms with E-state index in [1.807, 2.05) is 4.90 Å². The number of hydrogen-bond acceptors (Lipinski definition) is 6. The van der Waals surface area contributed by atoms with Crippen molar-refractivity contribution in [2.24, 2.45) is 12.5 Å². The van der Waals surface area contributed by atoms with Gasteiger partial charge in [0.05, 0.1) is 34.8 Å². The van der Waals surface area contributed by atoms with Crippen LogP contribution in [0.5, 0.6) is 0 Å². The molecule has 5 rings (SSSR count). The van der Waals surface area contributed by atoms with E-state index in [0.717, 1.165) is 17.5 Å². The van der Waals surface area contributed by atoms with E-state index in [1.165, 1.54) is 50.2 Å². The van der Waals surface area contributed by atoms with Crippen LogP contribution in [0.25, 0.3) is 10.9 Å². The number of aromatic nitrogens is 2. The Morgan fingerprint density at radius 2 is 1.76 bits per heavy atom. The minimum atomic E-state index is -4.65. The highest BCUT2D eigenvalue weighted by Gasteiger charge is 2.44. The first-order valence-corrected chi connectivity index (χ1v) is 13.9. The molecule has 2 aromatic carbocycles. The van der Waals surface area contributed by atoms with Gasteiger partial charge in [-0.3, -0.25) is 14.2 Å². The zero-order valence-corrected chi connectivity index (χ0v) is 21.5. The third-order valence-corrected chi connectivity index (χ3v) is 8.64. The van der Waals surface area contributed by atoms with Gasteiger partial charge in [0.2, 0.25) is 10.0 Å². The lowest BCUT2D eigenvalue weighted by molar-refractivity contribution is -0.140. The van der Waals surface area contributed by atoms with E-state index in [2.05, 4.69) is 15.1 Å². The highest BCUT2D eigenvalue weighted by molar-refractivity contribution is 7.92. The Morgan fingerprint density at radius 1 is 1.08 bits per heavy atom. The van der Waals surface area contributed by atoms with E-state index in [1.54, 1.807) is 6.07 Å². The van der Waals surface area contributed by atoms with Crippen molar-refractivity contribution >= 4 is 43.9 Å². The van der Waals surface area contributed by atoms with Crippen LogP contribution in [0.2, 0.25) is 0 Å². The van der Waals surface area contributed by atoms with Crippen LogP contribution in [-0.2, 0) is 23.2 Å². The number of aliphatic hydroxyl groups is 1. The lowest BCUT2D eigenvalue weighted by Crippen LogP contribution is -2.35. The molecule has 2 aliphatic rings. The number of sulfonamides is 1. The standard InChI is InChI=1S/C25H28F3N5O4S/c1-32-20-5-3-16(14-19(20)22(30-32)25(26,27)28)29-23(35)18-4-2-17(31-38(36,37)13-12-34)15-21(18)33-10-8-24(6-7-24)9-11-33/h2-5,14-15,31,34H,6-13H2,1H3,(H,29,35). The van der Waals surface area contributed by atoms with Crippen molar-refractivity contribution in [3.05, 3.63) is 47.7 Å². The molecule has 0 unspecified atom stereocenters. The monoisotopic (exact) mass is 551 g/mol. The molecule has 3 N–H and O–H groups in total. The lowest BCUT2D eigenvalue weighted by atomic mass is 9.93. The number of anilines is 3. The van der Waals surface area contributed by atoms with Crippen LogP contribution in [0, 0.1) is 5.41 Å². The van der Waals surface area contributed by atoms with Crippen LogP contribution in [0.15, 0.2) is 36.4 Å². The molecule has 1 saturated carbocycles. The maximum Gasteiger partial charge on any atom is 0.435 e. The Balaban J connectivity index is 1.46. The summed E-state index contributed by atoms with van der Waals surface area (Å²) in [6.45, 7) is 0.863. The molecule has 204 valence electrons. The number of nitrogens with one attached hydrogen (secondary N) is 2. The Hall–Kier alpha value is -3.32. The average Bonchev–Trinajstić information content (AvgIpc) is 3.51. The van der Waals surface area contributed by atoms with Crippen LogP contribution in [0.1, 0.15) is 41.7 Å². The molecule has 0 radical (unpaired) electrons. The number of rotatable bonds is 7. The fourth-order valence-electron chi connectivity index (χ4n) is 5.05. The molecule has 38 heavy (non-hydrogen) atoms. The fraction of sp³-hybridized carbons (Fsp3) is 0.440. The number of carbonyl (C=O) groups is 1. The molecular formula is C25H28F3N5O4S. The summed E-state index contributed by atoms with van der Waals surface area (Å²) in [4.78, 5) is 15.4. The van der Waals surface area contributed by atoms with Gasteiger partial charge < -0.3 is 15.3 Å². The zero-order valence-electron chi connectivity index (χ0n) is 20.7. The molecule has 1 saturated heterocycles. The van der Waals surface area contributed by atoms with Gasteiger partial charge in [-0.2, -0.15) is 18.3 Å². The minimum absolute atomic E-state index is 0.127. The molecule has 3 aromatic rings. The van der Waals surface area contributed by atoms with E-state index in [9.17, 15) is 26.4 Å². The van der Waals surface area contributed by atoms with Crippen LogP contribution >= 0.6 is 0 Å². The lowest BCUT2D eigenvalue weighted by Gasteiger charge is -2.35. The highest BCUT2D eigenvalue weighted by atomic mass is 32.2. The summed E-state index contributed by atoms with van der Waals surface area (Å²) in [6, 6.07) is 8.75. The van der Waals surface area contributed by atoms with Crippen molar-refractivity contribution in [3.63, 3.8) is 0 Å².